The van der Waals surface area contributed by atoms with Crippen molar-refractivity contribution in [1.29, 1.82) is 0 Å². The average molecular weight is 394 g/mol. The van der Waals surface area contributed by atoms with Crippen molar-refractivity contribution in [2.24, 2.45) is 0 Å². The first-order valence-electron chi connectivity index (χ1n) is 9.22. The third kappa shape index (κ3) is 4.03. The molecule has 1 N–H and O–H groups in total. The lowest BCUT2D eigenvalue weighted by Crippen LogP contribution is -2.42. The highest BCUT2D eigenvalue weighted by molar-refractivity contribution is 6.09. The van der Waals surface area contributed by atoms with Crippen molar-refractivity contribution in [3.63, 3.8) is 0 Å². The molecule has 1 saturated heterocycles. The second-order valence-corrected chi connectivity index (χ2v) is 7.17. The molecule has 2 aromatic rings. The lowest BCUT2D eigenvalue weighted by Gasteiger charge is -2.22. The number of nitrogens with one attached hydrogen (secondary N) is 1. The van der Waals surface area contributed by atoms with Gasteiger partial charge in [0.25, 0.3) is 5.91 Å². The van der Waals surface area contributed by atoms with Gasteiger partial charge in [0.05, 0.1) is 0 Å². The summed E-state index contributed by atoms with van der Waals surface area (Å²) in [4.78, 5) is 50.6. The Labute approximate surface area is 168 Å². The minimum absolute atomic E-state index is 0.357. The van der Waals surface area contributed by atoms with Gasteiger partial charge in [-0.2, -0.15) is 0 Å². The zero-order valence-electron chi connectivity index (χ0n) is 16.5. The van der Waals surface area contributed by atoms with Crippen LogP contribution in [0.3, 0.4) is 0 Å². The van der Waals surface area contributed by atoms with E-state index in [1.165, 1.54) is 6.92 Å². The largest absolute Gasteiger partial charge is 0.453 e. The van der Waals surface area contributed by atoms with E-state index in [1.807, 2.05) is 6.92 Å². The first-order chi connectivity index (χ1) is 13.7. The molecule has 0 radical (unpaired) electrons. The fraction of sp³-hybridized carbons (Fsp3) is 0.273. The number of hydrogen-bond donors (Lipinski definition) is 1. The maximum Gasteiger partial charge on any atom is 0.326 e. The summed E-state index contributed by atoms with van der Waals surface area (Å²) < 4.78 is 5.17. The molecule has 0 bridgehead atoms. The SMILES string of the molecule is Cc1ccc(C(=O)[C@@H](C)OC(=O)CN2C(=O)N[C@@](C)(c3ccccc3)C2=O)cc1. The number of carbonyl (C=O) groups excluding carboxylic acids is 4. The Balaban J connectivity index is 1.66. The molecule has 1 aliphatic rings. The zero-order chi connectivity index (χ0) is 21.2. The number of aryl methyl sites for hydroxylation is 1. The second-order valence-electron chi connectivity index (χ2n) is 7.17. The molecule has 0 saturated carbocycles. The van der Waals surface area contributed by atoms with Gasteiger partial charge in [0.1, 0.15) is 12.1 Å². The monoisotopic (exact) mass is 394 g/mol. The summed E-state index contributed by atoms with van der Waals surface area (Å²) in [6, 6.07) is 15.0. The zero-order valence-corrected chi connectivity index (χ0v) is 16.5. The number of rotatable bonds is 6. The molecular formula is C22H22N2O5. The number of amides is 3. The molecule has 0 aromatic heterocycles. The van der Waals surface area contributed by atoms with Gasteiger partial charge in [-0.1, -0.05) is 60.2 Å². The standard InChI is InChI=1S/C22H22N2O5/c1-14-9-11-16(12-10-14)19(26)15(2)29-18(25)13-24-20(27)22(3,23-21(24)28)17-7-5-4-6-8-17/h4-12,15H,13H2,1-3H3,(H,23,28)/t15-,22+/m1/s1. The van der Waals surface area contributed by atoms with Crippen molar-refractivity contribution in [2.75, 3.05) is 6.54 Å². The van der Waals surface area contributed by atoms with Gasteiger partial charge < -0.3 is 10.1 Å². The number of carbonyl (C=O) groups is 4. The summed E-state index contributed by atoms with van der Waals surface area (Å²) in [5, 5.41) is 2.62. The van der Waals surface area contributed by atoms with Crippen LogP contribution in [0.1, 0.15) is 35.3 Å². The predicted molar refractivity (Wildman–Crippen MR) is 105 cm³/mol. The Morgan fingerprint density at radius 3 is 2.31 bits per heavy atom. The lowest BCUT2D eigenvalue weighted by atomic mass is 9.92. The van der Waals surface area contributed by atoms with Crippen LogP contribution in [0, 0.1) is 6.92 Å². The number of ketones is 1. The van der Waals surface area contributed by atoms with Crippen molar-refractivity contribution in [2.45, 2.75) is 32.4 Å². The van der Waals surface area contributed by atoms with Crippen molar-refractivity contribution in [3.05, 3.63) is 71.3 Å². The Morgan fingerprint density at radius 2 is 1.69 bits per heavy atom. The molecule has 0 unspecified atom stereocenters. The summed E-state index contributed by atoms with van der Waals surface area (Å²) in [5.41, 5.74) is 0.771. The van der Waals surface area contributed by atoms with Crippen LogP contribution < -0.4 is 5.32 Å². The summed E-state index contributed by atoms with van der Waals surface area (Å²) in [6.45, 7) is 4.37. The molecule has 3 amide bonds. The highest BCUT2D eigenvalue weighted by atomic mass is 16.5. The van der Waals surface area contributed by atoms with Gasteiger partial charge in [0, 0.05) is 5.56 Å². The smallest absolute Gasteiger partial charge is 0.326 e. The van der Waals surface area contributed by atoms with Crippen molar-refractivity contribution >= 4 is 23.7 Å². The molecule has 7 nitrogen and oxygen atoms in total. The van der Waals surface area contributed by atoms with Crippen molar-refractivity contribution < 1.29 is 23.9 Å². The first kappa shape index (κ1) is 20.3. The van der Waals surface area contributed by atoms with Gasteiger partial charge >= 0.3 is 12.0 Å². The molecule has 3 rings (SSSR count). The number of urea groups is 1. The number of esters is 1. The number of benzene rings is 2. The van der Waals surface area contributed by atoms with Crippen LogP contribution in [-0.4, -0.2) is 41.2 Å². The number of nitrogens with zero attached hydrogens (tertiary/aromatic N) is 1. The third-order valence-corrected chi connectivity index (χ3v) is 4.93. The van der Waals surface area contributed by atoms with E-state index in [-0.39, 0.29) is 5.78 Å². The van der Waals surface area contributed by atoms with E-state index in [0.29, 0.717) is 11.1 Å². The number of hydrogen-bond acceptors (Lipinski definition) is 5. The Morgan fingerprint density at radius 1 is 1.07 bits per heavy atom. The number of imide groups is 1. The summed E-state index contributed by atoms with van der Waals surface area (Å²) >= 11 is 0. The van der Waals surface area contributed by atoms with E-state index in [1.54, 1.807) is 61.5 Å². The minimum atomic E-state index is -1.26. The topological polar surface area (TPSA) is 92.8 Å². The summed E-state index contributed by atoms with van der Waals surface area (Å²) in [5.74, 6) is -1.74. The molecule has 1 heterocycles. The fourth-order valence-corrected chi connectivity index (χ4v) is 3.18. The van der Waals surface area contributed by atoms with Gasteiger partial charge in [-0.15, -0.1) is 0 Å². The average Bonchev–Trinajstić information content (AvgIpc) is 2.92. The van der Waals surface area contributed by atoms with E-state index in [0.717, 1.165) is 10.5 Å². The van der Waals surface area contributed by atoms with Gasteiger partial charge in [-0.3, -0.25) is 19.3 Å². The maximum absolute atomic E-state index is 12.8. The van der Waals surface area contributed by atoms with Crippen LogP contribution >= 0.6 is 0 Å². The van der Waals surface area contributed by atoms with E-state index in [2.05, 4.69) is 5.32 Å². The first-order valence-corrected chi connectivity index (χ1v) is 9.22. The number of ether oxygens (including phenoxy) is 1. The van der Waals surface area contributed by atoms with Gasteiger partial charge in [-0.05, 0) is 26.3 Å². The maximum atomic E-state index is 12.8. The van der Waals surface area contributed by atoms with Crippen LogP contribution in [0.15, 0.2) is 54.6 Å². The quantitative estimate of drug-likeness (QED) is 0.462. The Bertz CT molecular complexity index is 955. The van der Waals surface area contributed by atoms with E-state index >= 15 is 0 Å². The Kier molecular flexibility index (Phi) is 5.50. The van der Waals surface area contributed by atoms with Crippen LogP contribution in [0.2, 0.25) is 0 Å². The molecular weight excluding hydrogens is 372 g/mol. The van der Waals surface area contributed by atoms with Crippen molar-refractivity contribution in [3.8, 4) is 0 Å². The molecule has 7 heteroatoms. The lowest BCUT2D eigenvalue weighted by molar-refractivity contribution is -0.149. The Hall–Kier alpha value is -3.48. The third-order valence-electron chi connectivity index (χ3n) is 4.93. The van der Waals surface area contributed by atoms with Gasteiger partial charge in [0.2, 0.25) is 5.78 Å². The van der Waals surface area contributed by atoms with Crippen molar-refractivity contribution in [1.82, 2.24) is 10.2 Å². The molecule has 1 aliphatic heterocycles. The number of Topliss-reactive ketones (excluding diaryl/α,β-unsaturated/α-hetero) is 1. The van der Waals surface area contributed by atoms with Crippen LogP contribution in [0.5, 0.6) is 0 Å². The molecule has 150 valence electrons. The van der Waals surface area contributed by atoms with Crippen LogP contribution in [0.25, 0.3) is 0 Å². The summed E-state index contributed by atoms with van der Waals surface area (Å²) in [6.07, 6.45) is -1.04. The predicted octanol–water partition coefficient (Wildman–Crippen LogP) is 2.58. The summed E-state index contributed by atoms with van der Waals surface area (Å²) in [7, 11) is 0. The highest BCUT2D eigenvalue weighted by Crippen LogP contribution is 2.28. The van der Waals surface area contributed by atoms with Gasteiger partial charge in [-0.25, -0.2) is 4.79 Å². The molecule has 29 heavy (non-hydrogen) atoms. The van der Waals surface area contributed by atoms with Crippen LogP contribution in [-0.2, 0) is 19.9 Å². The van der Waals surface area contributed by atoms with E-state index in [9.17, 15) is 19.2 Å². The molecule has 1 fully saturated rings. The van der Waals surface area contributed by atoms with Crippen LogP contribution in [0.4, 0.5) is 4.79 Å². The van der Waals surface area contributed by atoms with E-state index in [4.69, 9.17) is 4.74 Å². The second kappa shape index (κ2) is 7.87. The highest BCUT2D eigenvalue weighted by Gasteiger charge is 2.49. The van der Waals surface area contributed by atoms with Gasteiger partial charge in [0.15, 0.2) is 6.10 Å². The molecule has 0 aliphatic carbocycles. The molecule has 2 atom stereocenters. The molecule has 2 aromatic carbocycles. The normalized spacial score (nSPS) is 19.6. The van der Waals surface area contributed by atoms with E-state index < -0.39 is 36.1 Å². The fourth-order valence-electron chi connectivity index (χ4n) is 3.18. The minimum Gasteiger partial charge on any atom is -0.453 e. The molecule has 0 spiro atoms.